The minimum atomic E-state index is -1.00. The fraction of sp³-hybridized carbons (Fsp3) is 0.107. The Morgan fingerprint density at radius 2 is 1.79 bits per heavy atom. The zero-order valence-corrected chi connectivity index (χ0v) is 19.4. The van der Waals surface area contributed by atoms with Gasteiger partial charge in [-0.1, -0.05) is 84.7 Å². The van der Waals surface area contributed by atoms with Crippen LogP contribution in [0.1, 0.15) is 41.2 Å². The highest BCUT2D eigenvalue weighted by Gasteiger charge is 2.26. The van der Waals surface area contributed by atoms with Crippen LogP contribution in [0.2, 0.25) is 5.02 Å². The Morgan fingerprint density at radius 1 is 1.06 bits per heavy atom. The van der Waals surface area contributed by atoms with Gasteiger partial charge in [-0.15, -0.1) is 0 Å². The lowest BCUT2D eigenvalue weighted by molar-refractivity contribution is -0.131. The number of halogens is 3. The topological polar surface area (TPSA) is 37.3 Å². The molecule has 0 spiro atoms. The molecule has 0 saturated heterocycles. The summed E-state index contributed by atoms with van der Waals surface area (Å²) in [4.78, 5) is 10.9. The minimum Gasteiger partial charge on any atom is -0.478 e. The van der Waals surface area contributed by atoms with Crippen LogP contribution in [0.5, 0.6) is 0 Å². The van der Waals surface area contributed by atoms with Crippen LogP contribution in [0, 0.1) is 5.82 Å². The monoisotopic (exact) mass is 478 g/mol. The van der Waals surface area contributed by atoms with Crippen molar-refractivity contribution in [2.45, 2.75) is 19.8 Å². The van der Waals surface area contributed by atoms with Gasteiger partial charge in [-0.25, -0.2) is 9.18 Å². The van der Waals surface area contributed by atoms with Crippen LogP contribution in [0.25, 0.3) is 22.3 Å². The number of rotatable bonds is 6. The smallest absolute Gasteiger partial charge is 0.328 e. The number of benzene rings is 3. The summed E-state index contributed by atoms with van der Waals surface area (Å²) in [5.74, 6) is -1.39. The van der Waals surface area contributed by atoms with E-state index < -0.39 is 5.97 Å². The van der Waals surface area contributed by atoms with E-state index in [1.807, 2.05) is 49.4 Å². The van der Waals surface area contributed by atoms with Crippen LogP contribution in [0.3, 0.4) is 0 Å². The molecule has 4 rings (SSSR count). The first kappa shape index (κ1) is 23.0. The summed E-state index contributed by atoms with van der Waals surface area (Å²) in [5, 5.41) is 9.94. The molecule has 166 valence electrons. The Labute approximate surface area is 202 Å². The van der Waals surface area contributed by atoms with Crippen LogP contribution in [0.4, 0.5) is 4.39 Å². The molecule has 0 saturated carbocycles. The molecule has 0 amide bonds. The van der Waals surface area contributed by atoms with Gasteiger partial charge < -0.3 is 5.11 Å². The van der Waals surface area contributed by atoms with E-state index >= 15 is 0 Å². The molecule has 0 atom stereocenters. The maximum absolute atomic E-state index is 13.8. The van der Waals surface area contributed by atoms with Crippen molar-refractivity contribution in [2.75, 3.05) is 0 Å². The molecule has 2 nitrogen and oxygen atoms in total. The first-order chi connectivity index (χ1) is 15.9. The molecule has 0 aliphatic heterocycles. The SMILES string of the molecule is CC/C(=C(\C1=C(Cl)c2ccccc2C1)c1ccc(/C=C/C(=O)O)cc1)c1ccc(F)cc1Cl. The number of hydrogen-bond acceptors (Lipinski definition) is 1. The van der Waals surface area contributed by atoms with Gasteiger partial charge in [0.25, 0.3) is 0 Å². The molecular formula is C28H21Cl2FO2. The van der Waals surface area contributed by atoms with Crippen molar-refractivity contribution >= 4 is 51.4 Å². The van der Waals surface area contributed by atoms with Crippen LogP contribution in [-0.4, -0.2) is 11.1 Å². The second-order valence-electron chi connectivity index (χ2n) is 7.75. The van der Waals surface area contributed by atoms with E-state index in [1.54, 1.807) is 12.1 Å². The molecule has 1 aliphatic carbocycles. The van der Waals surface area contributed by atoms with E-state index in [4.69, 9.17) is 28.3 Å². The lowest BCUT2D eigenvalue weighted by atomic mass is 9.87. The average molecular weight is 479 g/mol. The highest BCUT2D eigenvalue weighted by Crippen LogP contribution is 2.46. The first-order valence-electron chi connectivity index (χ1n) is 10.6. The van der Waals surface area contributed by atoms with Crippen molar-refractivity contribution in [3.63, 3.8) is 0 Å². The van der Waals surface area contributed by atoms with Gasteiger partial charge >= 0.3 is 5.97 Å². The molecule has 1 aliphatic rings. The van der Waals surface area contributed by atoms with Crippen molar-refractivity contribution in [3.8, 4) is 0 Å². The second-order valence-corrected chi connectivity index (χ2v) is 8.54. The number of allylic oxidation sites excluding steroid dienone is 3. The van der Waals surface area contributed by atoms with Gasteiger partial charge in [0.1, 0.15) is 5.82 Å². The minimum absolute atomic E-state index is 0.345. The molecule has 3 aromatic carbocycles. The van der Waals surface area contributed by atoms with Crippen molar-refractivity contribution in [2.24, 2.45) is 0 Å². The second kappa shape index (κ2) is 9.78. The van der Waals surface area contributed by atoms with Crippen molar-refractivity contribution in [1.82, 2.24) is 0 Å². The van der Waals surface area contributed by atoms with Crippen LogP contribution in [-0.2, 0) is 11.2 Å². The molecule has 0 fully saturated rings. The molecule has 1 N–H and O–H groups in total. The predicted molar refractivity (Wildman–Crippen MR) is 135 cm³/mol. The maximum Gasteiger partial charge on any atom is 0.328 e. The van der Waals surface area contributed by atoms with Crippen LogP contribution in [0.15, 0.2) is 78.4 Å². The molecule has 5 heteroatoms. The van der Waals surface area contributed by atoms with Gasteiger partial charge in [-0.05, 0) is 69.2 Å². The molecular weight excluding hydrogens is 458 g/mol. The van der Waals surface area contributed by atoms with Gasteiger partial charge in [0.05, 0.1) is 10.1 Å². The molecule has 0 aromatic heterocycles. The fourth-order valence-corrected chi connectivity index (χ4v) is 4.84. The Morgan fingerprint density at radius 3 is 2.42 bits per heavy atom. The molecule has 0 unspecified atom stereocenters. The third-order valence-electron chi connectivity index (χ3n) is 5.72. The van der Waals surface area contributed by atoms with E-state index in [0.29, 0.717) is 22.9 Å². The standard InChI is InChI=1S/C28H21Cl2FO2/c1-2-21(23-13-12-20(31)16-25(23)29)27(18-10-7-17(8-11-18)9-14-26(32)33)24-15-19-5-3-4-6-22(19)28(24)30/h3-14,16H,2,15H2,1H3,(H,32,33)/b14-9+,27-21+. The summed E-state index contributed by atoms with van der Waals surface area (Å²) >= 11 is 13.4. The Balaban J connectivity index is 1.93. The van der Waals surface area contributed by atoms with E-state index in [2.05, 4.69) is 6.07 Å². The van der Waals surface area contributed by atoms with E-state index in [1.165, 1.54) is 12.1 Å². The first-order valence-corrected chi connectivity index (χ1v) is 11.3. The molecule has 0 heterocycles. The zero-order valence-electron chi connectivity index (χ0n) is 17.9. The number of hydrogen-bond donors (Lipinski definition) is 1. The number of carboxylic acid groups (broad SMARTS) is 1. The molecule has 0 bridgehead atoms. The van der Waals surface area contributed by atoms with Crippen molar-refractivity contribution in [3.05, 3.63) is 117 Å². The molecule has 0 radical (unpaired) electrons. The largest absolute Gasteiger partial charge is 0.478 e. The lowest BCUT2D eigenvalue weighted by Crippen LogP contribution is -1.98. The molecule has 3 aromatic rings. The van der Waals surface area contributed by atoms with E-state index in [9.17, 15) is 9.18 Å². The summed E-state index contributed by atoms with van der Waals surface area (Å²) in [6.07, 6.45) is 3.98. The Kier molecular flexibility index (Phi) is 6.83. The van der Waals surface area contributed by atoms with Gasteiger partial charge in [0.15, 0.2) is 0 Å². The van der Waals surface area contributed by atoms with Crippen molar-refractivity contribution in [1.29, 1.82) is 0 Å². The van der Waals surface area contributed by atoms with Crippen LogP contribution >= 0.6 is 23.2 Å². The predicted octanol–water partition coefficient (Wildman–Crippen LogP) is 8.10. The summed E-state index contributed by atoms with van der Waals surface area (Å²) in [6.45, 7) is 2.04. The van der Waals surface area contributed by atoms with E-state index in [-0.39, 0.29) is 5.82 Å². The summed E-state index contributed by atoms with van der Waals surface area (Å²) in [7, 11) is 0. The van der Waals surface area contributed by atoms with Gasteiger partial charge in [-0.2, -0.15) is 0 Å². The Hall–Kier alpha value is -3.14. The van der Waals surface area contributed by atoms with Gasteiger partial charge in [0, 0.05) is 12.5 Å². The van der Waals surface area contributed by atoms with Gasteiger partial charge in [-0.3, -0.25) is 0 Å². The van der Waals surface area contributed by atoms with Gasteiger partial charge in [0.2, 0.25) is 0 Å². The fourth-order valence-electron chi connectivity index (χ4n) is 4.21. The average Bonchev–Trinajstić information content (AvgIpc) is 3.13. The molecule has 33 heavy (non-hydrogen) atoms. The highest BCUT2D eigenvalue weighted by molar-refractivity contribution is 6.51. The van der Waals surface area contributed by atoms with Crippen LogP contribution < -0.4 is 0 Å². The van der Waals surface area contributed by atoms with E-state index in [0.717, 1.165) is 50.6 Å². The summed E-state index contributed by atoms with van der Waals surface area (Å²) in [6, 6.07) is 20.1. The number of fused-ring (bicyclic) bond motifs is 1. The lowest BCUT2D eigenvalue weighted by Gasteiger charge is -2.19. The third kappa shape index (κ3) is 4.80. The maximum atomic E-state index is 13.8. The summed E-state index contributed by atoms with van der Waals surface area (Å²) < 4.78 is 13.8. The number of carboxylic acids is 1. The third-order valence-corrected chi connectivity index (χ3v) is 6.46. The Bertz CT molecular complexity index is 1320. The number of carbonyl (C=O) groups is 1. The number of aliphatic carboxylic acids is 1. The quantitative estimate of drug-likeness (QED) is 0.287. The van der Waals surface area contributed by atoms with Crippen molar-refractivity contribution < 1.29 is 14.3 Å². The normalized spacial score (nSPS) is 13.9. The zero-order chi connectivity index (χ0) is 23.5. The summed E-state index contributed by atoms with van der Waals surface area (Å²) in [5.41, 5.74) is 7.54. The highest BCUT2D eigenvalue weighted by atomic mass is 35.5.